The first-order valence-electron chi connectivity index (χ1n) is 6.73. The second-order valence-corrected chi connectivity index (χ2v) is 5.39. The van der Waals surface area contributed by atoms with Crippen LogP contribution in [0.3, 0.4) is 0 Å². The van der Waals surface area contributed by atoms with Crippen LogP contribution < -0.4 is 20.6 Å². The highest BCUT2D eigenvalue weighted by molar-refractivity contribution is 7.80. The van der Waals surface area contributed by atoms with Gasteiger partial charge in [-0.05, 0) is 35.5 Å². The number of halogens is 1. The average Bonchev–Trinajstić information content (AvgIpc) is 2.54. The Bertz CT molecular complexity index is 708. The number of nitrogens with zero attached hydrogens (tertiary/aromatic N) is 1. The SMILES string of the molecule is COc1cc(/C=N/NC(N)=S)cc(Cl)c1OCc1ccccc1. The van der Waals surface area contributed by atoms with Crippen molar-refractivity contribution in [3.05, 3.63) is 58.6 Å². The molecule has 0 amide bonds. The molecule has 0 saturated carbocycles. The van der Waals surface area contributed by atoms with Gasteiger partial charge in [0.1, 0.15) is 6.61 Å². The van der Waals surface area contributed by atoms with Crippen LogP contribution in [0.4, 0.5) is 0 Å². The fourth-order valence-corrected chi connectivity index (χ4v) is 2.18. The van der Waals surface area contributed by atoms with Crippen molar-refractivity contribution in [1.29, 1.82) is 0 Å². The van der Waals surface area contributed by atoms with Gasteiger partial charge in [0.2, 0.25) is 0 Å². The zero-order valence-electron chi connectivity index (χ0n) is 12.5. The van der Waals surface area contributed by atoms with Crippen molar-refractivity contribution in [2.24, 2.45) is 10.8 Å². The number of hydrogen-bond acceptors (Lipinski definition) is 4. The van der Waals surface area contributed by atoms with E-state index >= 15 is 0 Å². The quantitative estimate of drug-likeness (QED) is 0.476. The van der Waals surface area contributed by atoms with Crippen LogP contribution in [0.15, 0.2) is 47.6 Å². The summed E-state index contributed by atoms with van der Waals surface area (Å²) in [4.78, 5) is 0. The fourth-order valence-electron chi connectivity index (χ4n) is 1.85. The molecule has 0 aromatic heterocycles. The second kappa shape index (κ2) is 8.36. The van der Waals surface area contributed by atoms with Crippen LogP contribution in [-0.2, 0) is 6.61 Å². The second-order valence-electron chi connectivity index (χ2n) is 4.54. The molecule has 0 aliphatic rings. The maximum Gasteiger partial charge on any atom is 0.184 e. The molecule has 0 fully saturated rings. The van der Waals surface area contributed by atoms with Gasteiger partial charge < -0.3 is 15.2 Å². The topological polar surface area (TPSA) is 68.9 Å². The Hall–Kier alpha value is -2.31. The van der Waals surface area contributed by atoms with Crippen molar-refractivity contribution in [3.8, 4) is 11.5 Å². The lowest BCUT2D eigenvalue weighted by Crippen LogP contribution is -2.23. The molecule has 0 aliphatic carbocycles. The Balaban J connectivity index is 2.16. The Kier molecular flexibility index (Phi) is 6.19. The van der Waals surface area contributed by atoms with Gasteiger partial charge in [0, 0.05) is 0 Å². The molecule has 2 rings (SSSR count). The third-order valence-electron chi connectivity index (χ3n) is 2.87. The first kappa shape index (κ1) is 17.1. The van der Waals surface area contributed by atoms with Crippen LogP contribution in [0, 0.1) is 0 Å². The van der Waals surface area contributed by atoms with E-state index in [0.29, 0.717) is 23.1 Å². The molecule has 0 saturated heterocycles. The third-order valence-corrected chi connectivity index (χ3v) is 3.24. The predicted octanol–water partition coefficient (Wildman–Crippen LogP) is 3.09. The minimum absolute atomic E-state index is 0.0853. The Morgan fingerprint density at radius 2 is 2.09 bits per heavy atom. The minimum Gasteiger partial charge on any atom is -0.493 e. The number of nitrogens with one attached hydrogen (secondary N) is 1. The summed E-state index contributed by atoms with van der Waals surface area (Å²) in [5.74, 6) is 1.00. The molecule has 0 bridgehead atoms. The molecule has 0 spiro atoms. The number of benzene rings is 2. The van der Waals surface area contributed by atoms with E-state index in [1.807, 2.05) is 30.3 Å². The van der Waals surface area contributed by atoms with Crippen molar-refractivity contribution >= 4 is 35.1 Å². The first-order valence-corrected chi connectivity index (χ1v) is 7.51. The highest BCUT2D eigenvalue weighted by Gasteiger charge is 2.11. The number of hydrogen-bond donors (Lipinski definition) is 2. The molecule has 23 heavy (non-hydrogen) atoms. The molecule has 2 aromatic rings. The molecular weight excluding hydrogens is 334 g/mol. The molecule has 3 N–H and O–H groups in total. The monoisotopic (exact) mass is 349 g/mol. The van der Waals surface area contributed by atoms with Crippen LogP contribution in [0.25, 0.3) is 0 Å². The van der Waals surface area contributed by atoms with Crippen molar-refractivity contribution < 1.29 is 9.47 Å². The molecule has 0 heterocycles. The van der Waals surface area contributed by atoms with Gasteiger partial charge in [-0.3, -0.25) is 5.43 Å². The zero-order chi connectivity index (χ0) is 16.7. The number of rotatable bonds is 6. The van der Waals surface area contributed by atoms with E-state index in [2.05, 4.69) is 22.7 Å². The molecule has 5 nitrogen and oxygen atoms in total. The summed E-state index contributed by atoms with van der Waals surface area (Å²) in [6.07, 6.45) is 1.54. The normalized spacial score (nSPS) is 10.5. The van der Waals surface area contributed by atoms with Crippen LogP contribution in [0.1, 0.15) is 11.1 Å². The lowest BCUT2D eigenvalue weighted by atomic mass is 10.2. The zero-order valence-corrected chi connectivity index (χ0v) is 14.0. The summed E-state index contributed by atoms with van der Waals surface area (Å²) in [6.45, 7) is 0.396. The van der Waals surface area contributed by atoms with E-state index in [-0.39, 0.29) is 5.11 Å². The summed E-state index contributed by atoms with van der Waals surface area (Å²) < 4.78 is 11.1. The van der Waals surface area contributed by atoms with Gasteiger partial charge >= 0.3 is 0 Å². The van der Waals surface area contributed by atoms with Gasteiger partial charge in [0.05, 0.1) is 18.3 Å². The van der Waals surface area contributed by atoms with E-state index in [4.69, 9.17) is 26.8 Å². The van der Waals surface area contributed by atoms with Crippen molar-refractivity contribution in [2.45, 2.75) is 6.61 Å². The largest absolute Gasteiger partial charge is 0.493 e. The van der Waals surface area contributed by atoms with Gasteiger partial charge in [-0.25, -0.2) is 0 Å². The summed E-state index contributed by atoms with van der Waals surface area (Å²) in [5.41, 5.74) is 9.54. The summed E-state index contributed by atoms with van der Waals surface area (Å²) >= 11 is 11.0. The fraction of sp³-hybridized carbons (Fsp3) is 0.125. The number of ether oxygens (including phenoxy) is 2. The van der Waals surface area contributed by atoms with Gasteiger partial charge in [-0.1, -0.05) is 41.9 Å². The van der Waals surface area contributed by atoms with Crippen molar-refractivity contribution in [1.82, 2.24) is 5.43 Å². The van der Waals surface area contributed by atoms with Crippen LogP contribution in [0.2, 0.25) is 5.02 Å². The molecule has 2 aromatic carbocycles. The molecule has 0 unspecified atom stereocenters. The summed E-state index contributed by atoms with van der Waals surface area (Å²) in [6, 6.07) is 13.3. The van der Waals surface area contributed by atoms with E-state index in [0.717, 1.165) is 11.1 Å². The number of nitrogens with two attached hydrogens (primary N) is 1. The lowest BCUT2D eigenvalue weighted by molar-refractivity contribution is 0.284. The van der Waals surface area contributed by atoms with E-state index in [1.165, 1.54) is 6.21 Å². The van der Waals surface area contributed by atoms with Crippen LogP contribution >= 0.6 is 23.8 Å². The van der Waals surface area contributed by atoms with E-state index in [9.17, 15) is 0 Å². The van der Waals surface area contributed by atoms with E-state index in [1.54, 1.807) is 19.2 Å². The first-order chi connectivity index (χ1) is 11.1. The maximum absolute atomic E-state index is 6.28. The Morgan fingerprint density at radius 3 is 2.74 bits per heavy atom. The maximum atomic E-state index is 6.28. The standard InChI is InChI=1S/C16H16ClN3O2S/c1-21-14-8-12(9-19-20-16(18)23)7-13(17)15(14)22-10-11-5-3-2-4-6-11/h2-9H,10H2,1H3,(H3,18,20,23)/b19-9+. The number of hydrazone groups is 1. The molecule has 0 aliphatic heterocycles. The molecule has 0 radical (unpaired) electrons. The molecule has 120 valence electrons. The number of thiocarbonyl (C=S) groups is 1. The van der Waals surface area contributed by atoms with Gasteiger partial charge in [0.25, 0.3) is 0 Å². The van der Waals surface area contributed by atoms with Gasteiger partial charge in [0.15, 0.2) is 16.6 Å². The number of methoxy groups -OCH3 is 1. The van der Waals surface area contributed by atoms with E-state index < -0.39 is 0 Å². The average molecular weight is 350 g/mol. The predicted molar refractivity (Wildman–Crippen MR) is 96.3 cm³/mol. The molecule has 7 heteroatoms. The van der Waals surface area contributed by atoms with Gasteiger partial charge in [-0.2, -0.15) is 5.10 Å². The van der Waals surface area contributed by atoms with Crippen molar-refractivity contribution in [2.75, 3.05) is 7.11 Å². The minimum atomic E-state index is 0.0853. The molecule has 0 atom stereocenters. The summed E-state index contributed by atoms with van der Waals surface area (Å²) in [7, 11) is 1.55. The highest BCUT2D eigenvalue weighted by atomic mass is 35.5. The van der Waals surface area contributed by atoms with Crippen LogP contribution in [-0.4, -0.2) is 18.4 Å². The Morgan fingerprint density at radius 1 is 1.35 bits per heavy atom. The van der Waals surface area contributed by atoms with Crippen molar-refractivity contribution in [3.63, 3.8) is 0 Å². The van der Waals surface area contributed by atoms with Crippen LogP contribution in [0.5, 0.6) is 11.5 Å². The van der Waals surface area contributed by atoms with Gasteiger partial charge in [-0.15, -0.1) is 0 Å². The smallest absolute Gasteiger partial charge is 0.184 e. The molecular formula is C16H16ClN3O2S. The highest BCUT2D eigenvalue weighted by Crippen LogP contribution is 2.36. The Labute approximate surface area is 145 Å². The lowest BCUT2D eigenvalue weighted by Gasteiger charge is -2.13. The third kappa shape index (κ3) is 5.12. The summed E-state index contributed by atoms with van der Waals surface area (Å²) in [5, 5.41) is 4.40.